The molecule has 0 aliphatic carbocycles. The van der Waals surface area contributed by atoms with Gasteiger partial charge in [-0.1, -0.05) is 0 Å². The van der Waals surface area contributed by atoms with Gasteiger partial charge < -0.3 is 0 Å². The van der Waals surface area contributed by atoms with E-state index >= 15 is 0 Å². The maximum Gasteiger partial charge on any atom is 0.281 e. The maximum absolute atomic E-state index is 11.9. The Morgan fingerprint density at radius 3 is 1.75 bits per heavy atom. The minimum absolute atomic E-state index is 0.119. The van der Waals surface area contributed by atoms with Crippen LogP contribution in [-0.4, -0.2) is 67.7 Å². The second kappa shape index (κ2) is 4.60. The summed E-state index contributed by atoms with van der Waals surface area (Å²) in [7, 11) is -0.0791. The third kappa shape index (κ3) is 2.94. The molecule has 0 aromatic heterocycles. The molecule has 1 heterocycles. The molecule has 1 aliphatic rings. The highest BCUT2D eigenvalue weighted by Crippen LogP contribution is 2.17. The molecule has 96 valence electrons. The molecule has 6 heteroatoms. The van der Waals surface area contributed by atoms with Crippen LogP contribution in [0.4, 0.5) is 0 Å². The Balaban J connectivity index is 2.63. The van der Waals surface area contributed by atoms with Crippen molar-refractivity contribution in [3.8, 4) is 0 Å². The van der Waals surface area contributed by atoms with Gasteiger partial charge in [-0.15, -0.1) is 0 Å². The van der Waals surface area contributed by atoms with E-state index < -0.39 is 10.2 Å². The van der Waals surface area contributed by atoms with Crippen molar-refractivity contribution in [3.05, 3.63) is 0 Å². The average Bonchev–Trinajstić information content (AvgIpc) is 2.16. The van der Waals surface area contributed by atoms with Crippen LogP contribution >= 0.6 is 0 Å². The Kier molecular flexibility index (Phi) is 3.99. The van der Waals surface area contributed by atoms with E-state index in [1.807, 2.05) is 0 Å². The van der Waals surface area contributed by atoms with Crippen LogP contribution in [0.15, 0.2) is 0 Å². The molecule has 0 aromatic carbocycles. The highest BCUT2D eigenvalue weighted by molar-refractivity contribution is 7.86. The number of piperazine rings is 1. The first-order valence-electron chi connectivity index (χ1n) is 5.58. The van der Waals surface area contributed by atoms with Crippen LogP contribution in [0.3, 0.4) is 0 Å². The van der Waals surface area contributed by atoms with Gasteiger partial charge in [-0.05, 0) is 20.8 Å². The molecule has 1 fully saturated rings. The lowest BCUT2D eigenvalue weighted by molar-refractivity contribution is 0.0905. The summed E-state index contributed by atoms with van der Waals surface area (Å²) in [4.78, 5) is 2.31. The SMILES string of the molecule is CN(C)S(=O)(=O)N1CCN(C(C)(C)C)CC1. The standard InChI is InChI=1S/C10H23N3O2S/c1-10(2,3)12-6-8-13(9-7-12)16(14,15)11(4)5/h6-9H2,1-5H3. The van der Waals surface area contributed by atoms with Gasteiger partial charge in [-0.25, -0.2) is 0 Å². The highest BCUT2D eigenvalue weighted by atomic mass is 32.2. The monoisotopic (exact) mass is 249 g/mol. The minimum Gasteiger partial charge on any atom is -0.296 e. The smallest absolute Gasteiger partial charge is 0.281 e. The lowest BCUT2D eigenvalue weighted by Gasteiger charge is -2.42. The van der Waals surface area contributed by atoms with E-state index in [1.165, 1.54) is 4.31 Å². The quantitative estimate of drug-likeness (QED) is 0.703. The molecule has 1 aliphatic heterocycles. The van der Waals surface area contributed by atoms with Crippen LogP contribution in [0.1, 0.15) is 20.8 Å². The van der Waals surface area contributed by atoms with Gasteiger partial charge in [0.05, 0.1) is 0 Å². The van der Waals surface area contributed by atoms with Crippen LogP contribution in [0.5, 0.6) is 0 Å². The van der Waals surface area contributed by atoms with Crippen LogP contribution in [0.25, 0.3) is 0 Å². The first kappa shape index (κ1) is 13.9. The molecule has 16 heavy (non-hydrogen) atoms. The lowest BCUT2D eigenvalue weighted by Crippen LogP contribution is -2.56. The van der Waals surface area contributed by atoms with Crippen molar-refractivity contribution in [2.24, 2.45) is 0 Å². The molecule has 0 bridgehead atoms. The van der Waals surface area contributed by atoms with Crippen LogP contribution < -0.4 is 0 Å². The largest absolute Gasteiger partial charge is 0.296 e. The van der Waals surface area contributed by atoms with E-state index in [4.69, 9.17) is 0 Å². The van der Waals surface area contributed by atoms with Crippen molar-refractivity contribution < 1.29 is 8.42 Å². The number of nitrogens with zero attached hydrogens (tertiary/aromatic N) is 3. The van der Waals surface area contributed by atoms with Gasteiger partial charge in [0.25, 0.3) is 10.2 Å². The summed E-state index contributed by atoms with van der Waals surface area (Å²) in [5.74, 6) is 0. The fraction of sp³-hybridized carbons (Fsp3) is 1.00. The van der Waals surface area contributed by atoms with E-state index in [2.05, 4.69) is 25.7 Å². The van der Waals surface area contributed by atoms with E-state index in [0.29, 0.717) is 13.1 Å². The van der Waals surface area contributed by atoms with Crippen LogP contribution in [0.2, 0.25) is 0 Å². The Labute approximate surface area is 99.2 Å². The molecule has 5 nitrogen and oxygen atoms in total. The summed E-state index contributed by atoms with van der Waals surface area (Å²) in [6.07, 6.45) is 0. The van der Waals surface area contributed by atoms with Crippen molar-refractivity contribution in [3.63, 3.8) is 0 Å². The zero-order chi connectivity index (χ0) is 12.6. The van der Waals surface area contributed by atoms with Crippen molar-refractivity contribution >= 4 is 10.2 Å². The average molecular weight is 249 g/mol. The fourth-order valence-corrected chi connectivity index (χ4v) is 2.91. The molecule has 0 saturated carbocycles. The molecule has 0 amide bonds. The summed E-state index contributed by atoms with van der Waals surface area (Å²) < 4.78 is 26.6. The number of hydrogen-bond donors (Lipinski definition) is 0. The minimum atomic E-state index is -3.23. The van der Waals surface area contributed by atoms with E-state index in [1.54, 1.807) is 18.4 Å². The van der Waals surface area contributed by atoms with Gasteiger partial charge in [0.2, 0.25) is 0 Å². The molecule has 0 aromatic rings. The summed E-state index contributed by atoms with van der Waals surface area (Å²) in [6.45, 7) is 9.23. The maximum atomic E-state index is 11.9. The summed E-state index contributed by atoms with van der Waals surface area (Å²) in [5, 5.41) is 0. The van der Waals surface area contributed by atoms with Gasteiger partial charge in [-0.2, -0.15) is 17.0 Å². The fourth-order valence-electron chi connectivity index (χ4n) is 1.82. The van der Waals surface area contributed by atoms with Crippen LogP contribution in [0, 0.1) is 0 Å². The first-order valence-corrected chi connectivity index (χ1v) is 6.98. The normalized spacial score (nSPS) is 21.6. The molecular formula is C10H23N3O2S. The molecule has 0 spiro atoms. The second-order valence-corrected chi connectivity index (χ2v) is 7.49. The van der Waals surface area contributed by atoms with Gasteiger partial charge in [0.15, 0.2) is 0 Å². The van der Waals surface area contributed by atoms with E-state index in [-0.39, 0.29) is 5.54 Å². The van der Waals surface area contributed by atoms with Gasteiger partial charge in [0.1, 0.15) is 0 Å². The molecule has 0 unspecified atom stereocenters. The number of rotatable bonds is 2. The molecule has 1 saturated heterocycles. The van der Waals surface area contributed by atoms with E-state index in [9.17, 15) is 8.42 Å². The Bertz CT molecular complexity index is 324. The Hall–Kier alpha value is -0.170. The first-order chi connectivity index (χ1) is 7.15. The summed E-state index contributed by atoms with van der Waals surface area (Å²) in [5.41, 5.74) is 0.119. The highest BCUT2D eigenvalue weighted by Gasteiger charge is 2.32. The predicted molar refractivity (Wildman–Crippen MR) is 65.5 cm³/mol. The molecular weight excluding hydrogens is 226 g/mol. The van der Waals surface area contributed by atoms with Gasteiger partial charge in [0, 0.05) is 45.8 Å². The summed E-state index contributed by atoms with van der Waals surface area (Å²) in [6, 6.07) is 0. The summed E-state index contributed by atoms with van der Waals surface area (Å²) >= 11 is 0. The Morgan fingerprint density at radius 2 is 1.44 bits per heavy atom. The molecule has 0 radical (unpaired) electrons. The van der Waals surface area contributed by atoms with Gasteiger partial charge >= 0.3 is 0 Å². The van der Waals surface area contributed by atoms with Crippen molar-refractivity contribution in [2.45, 2.75) is 26.3 Å². The van der Waals surface area contributed by atoms with Crippen molar-refractivity contribution in [1.29, 1.82) is 0 Å². The third-order valence-corrected chi connectivity index (χ3v) is 4.92. The molecule has 0 N–H and O–H groups in total. The van der Waals surface area contributed by atoms with E-state index in [0.717, 1.165) is 13.1 Å². The zero-order valence-corrected chi connectivity index (χ0v) is 11.7. The molecule has 0 atom stereocenters. The Morgan fingerprint density at radius 1 is 1.00 bits per heavy atom. The topological polar surface area (TPSA) is 43.9 Å². The number of hydrogen-bond acceptors (Lipinski definition) is 3. The lowest BCUT2D eigenvalue weighted by atomic mass is 10.1. The van der Waals surface area contributed by atoms with Crippen molar-refractivity contribution in [1.82, 2.24) is 13.5 Å². The van der Waals surface area contributed by atoms with Crippen molar-refractivity contribution in [2.75, 3.05) is 40.3 Å². The second-order valence-electron chi connectivity index (χ2n) is 5.35. The third-order valence-electron chi connectivity index (χ3n) is 2.98. The predicted octanol–water partition coefficient (Wildman–Crippen LogP) is 0.209. The molecule has 1 rings (SSSR count). The van der Waals surface area contributed by atoms with Gasteiger partial charge in [-0.3, -0.25) is 4.90 Å². The van der Waals surface area contributed by atoms with Crippen LogP contribution in [-0.2, 0) is 10.2 Å². The zero-order valence-electron chi connectivity index (χ0n) is 10.9.